The average molecular weight is 399 g/mol. The number of hydrogen-bond donors (Lipinski definition) is 0. The van der Waals surface area contributed by atoms with Crippen LogP contribution in [0.1, 0.15) is 30.1 Å². The van der Waals surface area contributed by atoms with Crippen molar-refractivity contribution in [1.82, 2.24) is 0 Å². The molecule has 0 saturated carbocycles. The minimum atomic E-state index is -0.393. The maximum absolute atomic E-state index is 12.4. The molecule has 0 aliphatic carbocycles. The monoisotopic (exact) mass is 398 g/mol. The summed E-state index contributed by atoms with van der Waals surface area (Å²) in [4.78, 5) is 12.4. The van der Waals surface area contributed by atoms with Gasteiger partial charge < -0.3 is 9.47 Å². The fourth-order valence-electron chi connectivity index (χ4n) is 2.47. The summed E-state index contributed by atoms with van der Waals surface area (Å²) in [6.45, 7) is 2.80. The van der Waals surface area contributed by atoms with E-state index in [1.165, 1.54) is 0 Å². The number of carbonyl (C=O) groups is 1. The van der Waals surface area contributed by atoms with Gasteiger partial charge in [0.1, 0.15) is 11.5 Å². The number of carbonyl (C=O) groups excluding carboxylic acids is 1. The van der Waals surface area contributed by atoms with Gasteiger partial charge in [0.2, 0.25) is 0 Å². The summed E-state index contributed by atoms with van der Waals surface area (Å²) in [5.41, 5.74) is 0.489. The van der Waals surface area contributed by atoms with Crippen LogP contribution in [0.15, 0.2) is 65.1 Å². The molecular weight excluding hydrogens is 380 g/mol. The van der Waals surface area contributed by atoms with Gasteiger partial charge in [0, 0.05) is 0 Å². The molecule has 4 heteroatoms. The van der Waals surface area contributed by atoms with Gasteiger partial charge in [-0.15, -0.1) is 0 Å². The number of hydrogen-bond acceptors (Lipinski definition) is 3. The maximum Gasteiger partial charge on any atom is 0.343 e. The van der Waals surface area contributed by atoms with E-state index >= 15 is 0 Å². The molecule has 25 heavy (non-hydrogen) atoms. The van der Waals surface area contributed by atoms with Crippen molar-refractivity contribution in [3.05, 3.63) is 70.7 Å². The third-order valence-corrected chi connectivity index (χ3v) is 4.71. The number of ether oxygens (including phenoxy) is 2. The first-order valence-electron chi connectivity index (χ1n) is 8.31. The van der Waals surface area contributed by atoms with Crippen LogP contribution in [0.5, 0.6) is 11.5 Å². The quantitative estimate of drug-likeness (QED) is 0.290. The first-order valence-corrected chi connectivity index (χ1v) is 9.10. The topological polar surface area (TPSA) is 35.5 Å². The number of benzene rings is 3. The summed E-state index contributed by atoms with van der Waals surface area (Å²) >= 11 is 3.53. The Morgan fingerprint density at radius 3 is 2.52 bits per heavy atom. The lowest BCUT2D eigenvalue weighted by molar-refractivity contribution is 0.0734. The van der Waals surface area contributed by atoms with Crippen molar-refractivity contribution in [1.29, 1.82) is 0 Å². The number of rotatable bonds is 6. The fraction of sp³-hybridized carbons (Fsp3) is 0.190. The number of halogens is 1. The van der Waals surface area contributed by atoms with Crippen LogP contribution in [-0.4, -0.2) is 12.6 Å². The molecule has 0 radical (unpaired) electrons. The Kier molecular flexibility index (Phi) is 5.71. The van der Waals surface area contributed by atoms with Crippen LogP contribution in [0.25, 0.3) is 10.8 Å². The van der Waals surface area contributed by atoms with E-state index in [0.29, 0.717) is 17.9 Å². The van der Waals surface area contributed by atoms with Crippen molar-refractivity contribution >= 4 is 32.7 Å². The van der Waals surface area contributed by atoms with E-state index in [4.69, 9.17) is 9.47 Å². The van der Waals surface area contributed by atoms with Gasteiger partial charge in [0.25, 0.3) is 0 Å². The fourth-order valence-corrected chi connectivity index (χ4v) is 3.05. The minimum Gasteiger partial charge on any atom is -0.494 e. The Bertz CT molecular complexity index is 872. The molecule has 0 bridgehead atoms. The van der Waals surface area contributed by atoms with Crippen LogP contribution in [0, 0.1) is 0 Å². The van der Waals surface area contributed by atoms with Gasteiger partial charge in [-0.1, -0.05) is 43.7 Å². The number of fused-ring (bicyclic) bond motifs is 1. The Morgan fingerprint density at radius 1 is 1.00 bits per heavy atom. The third kappa shape index (κ3) is 4.20. The lowest BCUT2D eigenvalue weighted by Gasteiger charge is -2.10. The Balaban J connectivity index is 1.73. The molecule has 3 aromatic carbocycles. The van der Waals surface area contributed by atoms with E-state index in [0.717, 1.165) is 33.8 Å². The molecule has 0 aliphatic heterocycles. The Morgan fingerprint density at radius 2 is 1.76 bits per heavy atom. The number of unbranched alkanes of at least 4 members (excludes halogenated alkanes) is 1. The summed E-state index contributed by atoms with van der Waals surface area (Å²) in [6.07, 6.45) is 2.10. The highest BCUT2D eigenvalue weighted by Crippen LogP contribution is 2.33. The zero-order chi connectivity index (χ0) is 17.6. The molecule has 0 spiro atoms. The van der Waals surface area contributed by atoms with Crippen molar-refractivity contribution < 1.29 is 14.3 Å². The highest BCUT2D eigenvalue weighted by molar-refractivity contribution is 9.10. The summed E-state index contributed by atoms with van der Waals surface area (Å²) in [5, 5.41) is 2.09. The molecule has 0 unspecified atom stereocenters. The molecule has 3 rings (SSSR count). The van der Waals surface area contributed by atoms with E-state index in [1.54, 1.807) is 30.3 Å². The molecule has 0 N–H and O–H groups in total. The summed E-state index contributed by atoms with van der Waals surface area (Å²) in [6, 6.07) is 18.7. The van der Waals surface area contributed by atoms with Crippen molar-refractivity contribution in [2.45, 2.75) is 19.8 Å². The summed E-state index contributed by atoms with van der Waals surface area (Å²) in [7, 11) is 0. The summed E-state index contributed by atoms with van der Waals surface area (Å²) < 4.78 is 11.9. The van der Waals surface area contributed by atoms with Crippen LogP contribution < -0.4 is 9.47 Å². The first-order chi connectivity index (χ1) is 12.2. The smallest absolute Gasteiger partial charge is 0.343 e. The standard InChI is InChI=1S/C21H19BrO3/c1-2-3-14-24-17-11-8-16(9-12-17)21(23)25-19-13-10-15-6-4-5-7-18(15)20(19)22/h4-13H,2-3,14H2,1H3. The SMILES string of the molecule is CCCCOc1ccc(C(=O)Oc2ccc3ccccc3c2Br)cc1. The van der Waals surface area contributed by atoms with E-state index < -0.39 is 5.97 Å². The van der Waals surface area contributed by atoms with Crippen LogP contribution in [0.2, 0.25) is 0 Å². The van der Waals surface area contributed by atoms with Crippen molar-refractivity contribution in [3.8, 4) is 11.5 Å². The van der Waals surface area contributed by atoms with Gasteiger partial charge in [0.05, 0.1) is 16.6 Å². The van der Waals surface area contributed by atoms with Crippen LogP contribution in [-0.2, 0) is 0 Å². The largest absolute Gasteiger partial charge is 0.494 e. The highest BCUT2D eigenvalue weighted by Gasteiger charge is 2.13. The molecule has 0 saturated heterocycles. The van der Waals surface area contributed by atoms with E-state index in [2.05, 4.69) is 22.9 Å². The molecule has 0 aliphatic rings. The molecule has 128 valence electrons. The van der Waals surface area contributed by atoms with Gasteiger partial charge in [-0.05, 0) is 63.5 Å². The second kappa shape index (κ2) is 8.17. The van der Waals surface area contributed by atoms with Crippen LogP contribution in [0.4, 0.5) is 0 Å². The molecule has 0 fully saturated rings. The van der Waals surface area contributed by atoms with E-state index in [1.807, 2.05) is 30.3 Å². The Hall–Kier alpha value is -2.33. The molecule has 3 aromatic rings. The molecule has 0 amide bonds. The molecule has 0 aromatic heterocycles. The predicted octanol–water partition coefficient (Wildman–Crippen LogP) is 6.00. The van der Waals surface area contributed by atoms with Crippen molar-refractivity contribution in [3.63, 3.8) is 0 Å². The molecular formula is C21H19BrO3. The lowest BCUT2D eigenvalue weighted by Crippen LogP contribution is -2.09. The second-order valence-corrected chi connectivity index (χ2v) is 6.51. The van der Waals surface area contributed by atoms with Gasteiger partial charge in [-0.25, -0.2) is 4.79 Å². The highest BCUT2D eigenvalue weighted by atomic mass is 79.9. The zero-order valence-electron chi connectivity index (χ0n) is 14.0. The van der Waals surface area contributed by atoms with Gasteiger partial charge >= 0.3 is 5.97 Å². The Labute approximate surface area is 155 Å². The van der Waals surface area contributed by atoms with E-state index in [-0.39, 0.29) is 0 Å². The van der Waals surface area contributed by atoms with Crippen LogP contribution >= 0.6 is 15.9 Å². The lowest BCUT2D eigenvalue weighted by atomic mass is 10.1. The minimum absolute atomic E-state index is 0.393. The molecule has 0 atom stereocenters. The summed E-state index contributed by atoms with van der Waals surface area (Å²) in [5.74, 6) is 0.875. The first kappa shape index (κ1) is 17.5. The molecule has 0 heterocycles. The van der Waals surface area contributed by atoms with Gasteiger partial charge in [-0.3, -0.25) is 0 Å². The second-order valence-electron chi connectivity index (χ2n) is 5.71. The van der Waals surface area contributed by atoms with Gasteiger partial charge in [0.15, 0.2) is 0 Å². The zero-order valence-corrected chi connectivity index (χ0v) is 15.6. The maximum atomic E-state index is 12.4. The van der Waals surface area contributed by atoms with Crippen molar-refractivity contribution in [2.24, 2.45) is 0 Å². The molecule has 3 nitrogen and oxygen atoms in total. The number of esters is 1. The van der Waals surface area contributed by atoms with Gasteiger partial charge in [-0.2, -0.15) is 0 Å². The third-order valence-electron chi connectivity index (χ3n) is 3.89. The average Bonchev–Trinajstić information content (AvgIpc) is 2.65. The predicted molar refractivity (Wildman–Crippen MR) is 103 cm³/mol. The normalized spacial score (nSPS) is 10.6. The van der Waals surface area contributed by atoms with Crippen LogP contribution in [0.3, 0.4) is 0 Å². The van der Waals surface area contributed by atoms with Crippen molar-refractivity contribution in [2.75, 3.05) is 6.61 Å². The van der Waals surface area contributed by atoms with E-state index in [9.17, 15) is 4.79 Å².